The summed E-state index contributed by atoms with van der Waals surface area (Å²) in [6, 6.07) is 14.5. The minimum absolute atomic E-state index is 0.0375. The van der Waals surface area contributed by atoms with E-state index in [1.807, 2.05) is 19.1 Å². The minimum atomic E-state index is -0.639. The predicted molar refractivity (Wildman–Crippen MR) is 125 cm³/mol. The fraction of sp³-hybridized carbons (Fsp3) is 0.130. The average Bonchev–Trinajstić information content (AvgIpc) is 2.75. The summed E-state index contributed by atoms with van der Waals surface area (Å²) in [4.78, 5) is 18.2. The summed E-state index contributed by atoms with van der Waals surface area (Å²) in [6.45, 7) is 3.34. The van der Waals surface area contributed by atoms with Crippen LogP contribution in [0.4, 0.5) is 4.39 Å². The highest BCUT2D eigenvalue weighted by Crippen LogP contribution is 2.32. The van der Waals surface area contributed by atoms with Crippen LogP contribution < -0.4 is 10.9 Å². The first-order chi connectivity index (χ1) is 14.9. The smallest absolute Gasteiger partial charge is 0.266 e. The molecule has 1 aromatic heterocycles. The Morgan fingerprint density at radius 3 is 2.61 bits per heavy atom. The Bertz CT molecular complexity index is 1350. The normalized spacial score (nSPS) is 11.3. The Kier molecular flexibility index (Phi) is 6.30. The summed E-state index contributed by atoms with van der Waals surface area (Å²) in [7, 11) is 0. The molecule has 0 aliphatic heterocycles. The van der Waals surface area contributed by atoms with Crippen LogP contribution in [0.15, 0.2) is 59.4 Å². The van der Waals surface area contributed by atoms with Crippen LogP contribution in [0.25, 0.3) is 28.0 Å². The summed E-state index contributed by atoms with van der Waals surface area (Å²) in [6.07, 6.45) is 0. The maximum absolute atomic E-state index is 14.3. The van der Waals surface area contributed by atoms with Gasteiger partial charge in [0.1, 0.15) is 11.6 Å². The third kappa shape index (κ3) is 4.19. The van der Waals surface area contributed by atoms with Crippen molar-refractivity contribution in [3.8, 4) is 17.1 Å². The molecule has 0 unspecified atom stereocenters. The number of rotatable bonds is 5. The maximum Gasteiger partial charge on any atom is 0.266 e. The molecule has 0 aliphatic carbocycles. The molecule has 4 nitrogen and oxygen atoms in total. The lowest BCUT2D eigenvalue weighted by Gasteiger charge is -2.16. The van der Waals surface area contributed by atoms with E-state index in [9.17, 15) is 9.18 Å². The Morgan fingerprint density at radius 1 is 1.06 bits per heavy atom. The summed E-state index contributed by atoms with van der Waals surface area (Å²) in [5.41, 5.74) is 1.75. The molecular weight excluding hydrogens is 460 g/mol. The molecule has 8 heteroatoms. The Labute approximate surface area is 193 Å². The van der Waals surface area contributed by atoms with Gasteiger partial charge in [-0.3, -0.25) is 9.36 Å². The van der Waals surface area contributed by atoms with Crippen LogP contribution in [0.5, 0.6) is 0 Å². The molecule has 1 N–H and O–H groups in total. The van der Waals surface area contributed by atoms with Crippen LogP contribution in [-0.2, 0) is 6.54 Å². The monoisotopic (exact) mass is 475 g/mol. The van der Waals surface area contributed by atoms with Gasteiger partial charge in [-0.1, -0.05) is 53.9 Å². The minimum Gasteiger partial charge on any atom is -0.313 e. The Balaban J connectivity index is 2.06. The summed E-state index contributed by atoms with van der Waals surface area (Å²) in [5, 5.41) is 4.46. The van der Waals surface area contributed by atoms with Gasteiger partial charge in [-0.15, -0.1) is 0 Å². The molecule has 0 saturated carbocycles. The lowest BCUT2D eigenvalue weighted by atomic mass is 10.1. The third-order valence-corrected chi connectivity index (χ3v) is 5.87. The van der Waals surface area contributed by atoms with Gasteiger partial charge in [-0.05, 0) is 54.6 Å². The lowest BCUT2D eigenvalue weighted by Crippen LogP contribution is -2.22. The molecule has 0 radical (unpaired) electrons. The van der Waals surface area contributed by atoms with Crippen molar-refractivity contribution in [2.45, 2.75) is 13.5 Å². The van der Waals surface area contributed by atoms with Gasteiger partial charge in [0.25, 0.3) is 5.56 Å². The number of hydrogen-bond acceptors (Lipinski definition) is 3. The molecule has 4 aromatic rings. The molecule has 0 aliphatic rings. The second-order valence-corrected chi connectivity index (χ2v) is 8.12. The van der Waals surface area contributed by atoms with E-state index in [-0.39, 0.29) is 16.4 Å². The van der Waals surface area contributed by atoms with Gasteiger partial charge in [0.15, 0.2) is 0 Å². The van der Waals surface area contributed by atoms with Crippen LogP contribution in [0, 0.1) is 5.82 Å². The van der Waals surface area contributed by atoms with Crippen LogP contribution in [0.2, 0.25) is 15.1 Å². The zero-order valence-corrected chi connectivity index (χ0v) is 18.7. The SMILES string of the molecule is CCNCc1cccc(-c2nc3cc(Cl)ccc3c(=O)n2-c2ccc(Cl)c(F)c2)c1Cl. The number of nitrogens with zero attached hydrogens (tertiary/aromatic N) is 2. The fourth-order valence-corrected chi connectivity index (χ4v) is 3.91. The standard InChI is InChI=1S/C23H17Cl3FN3O/c1-2-28-12-13-4-3-5-17(21(13)26)22-29-20-10-14(24)6-8-16(20)23(31)30(22)15-7-9-18(25)19(27)11-15/h3-11,28H,2,12H2,1H3. The molecule has 0 amide bonds. The van der Waals surface area contributed by atoms with Gasteiger partial charge in [-0.25, -0.2) is 9.37 Å². The fourth-order valence-electron chi connectivity index (χ4n) is 3.35. The summed E-state index contributed by atoms with van der Waals surface area (Å²) >= 11 is 18.7. The van der Waals surface area contributed by atoms with Crippen molar-refractivity contribution in [2.24, 2.45) is 0 Å². The van der Waals surface area contributed by atoms with Gasteiger partial charge in [0.2, 0.25) is 0 Å². The van der Waals surface area contributed by atoms with E-state index >= 15 is 0 Å². The largest absolute Gasteiger partial charge is 0.313 e. The van der Waals surface area contributed by atoms with Crippen LogP contribution in [0.3, 0.4) is 0 Å². The molecule has 0 bridgehead atoms. The van der Waals surface area contributed by atoms with E-state index in [0.29, 0.717) is 38.7 Å². The second-order valence-electron chi connectivity index (χ2n) is 6.89. The van der Waals surface area contributed by atoms with Crippen LogP contribution in [-0.4, -0.2) is 16.1 Å². The van der Waals surface area contributed by atoms with Crippen molar-refractivity contribution in [2.75, 3.05) is 6.54 Å². The van der Waals surface area contributed by atoms with Crippen LogP contribution >= 0.6 is 34.8 Å². The highest BCUT2D eigenvalue weighted by molar-refractivity contribution is 6.34. The quantitative estimate of drug-likeness (QED) is 0.370. The zero-order valence-electron chi connectivity index (χ0n) is 16.4. The molecule has 158 valence electrons. The van der Waals surface area contributed by atoms with Crippen LogP contribution in [0.1, 0.15) is 12.5 Å². The number of hydrogen-bond donors (Lipinski definition) is 1. The Morgan fingerprint density at radius 2 is 1.87 bits per heavy atom. The number of aromatic nitrogens is 2. The molecule has 1 heterocycles. The predicted octanol–water partition coefficient (Wildman–Crippen LogP) is 6.26. The van der Waals surface area contributed by atoms with Gasteiger partial charge in [0.05, 0.1) is 26.6 Å². The highest BCUT2D eigenvalue weighted by Gasteiger charge is 2.19. The third-order valence-electron chi connectivity index (χ3n) is 4.88. The van der Waals surface area contributed by atoms with E-state index in [1.165, 1.54) is 16.7 Å². The zero-order chi connectivity index (χ0) is 22.1. The van der Waals surface area contributed by atoms with E-state index in [0.717, 1.165) is 12.1 Å². The van der Waals surface area contributed by atoms with Gasteiger partial charge in [0, 0.05) is 17.1 Å². The second kappa shape index (κ2) is 8.97. The van der Waals surface area contributed by atoms with E-state index in [4.69, 9.17) is 39.8 Å². The van der Waals surface area contributed by atoms with Gasteiger partial charge >= 0.3 is 0 Å². The van der Waals surface area contributed by atoms with E-state index < -0.39 is 5.82 Å². The molecule has 3 aromatic carbocycles. The molecule has 0 spiro atoms. The first kappa shape index (κ1) is 21.8. The van der Waals surface area contributed by atoms with Crippen molar-refractivity contribution in [1.82, 2.24) is 14.9 Å². The average molecular weight is 477 g/mol. The Hall–Kier alpha value is -2.44. The first-order valence-corrected chi connectivity index (χ1v) is 10.7. The van der Waals surface area contributed by atoms with Crippen molar-refractivity contribution in [3.63, 3.8) is 0 Å². The van der Waals surface area contributed by atoms with Crippen molar-refractivity contribution in [1.29, 1.82) is 0 Å². The topological polar surface area (TPSA) is 46.9 Å². The van der Waals surface area contributed by atoms with Gasteiger partial charge < -0.3 is 5.32 Å². The van der Waals surface area contributed by atoms with Gasteiger partial charge in [-0.2, -0.15) is 0 Å². The lowest BCUT2D eigenvalue weighted by molar-refractivity contribution is 0.627. The summed E-state index contributed by atoms with van der Waals surface area (Å²) in [5.74, 6) is -0.356. The molecule has 0 atom stereocenters. The molecule has 0 saturated heterocycles. The van der Waals surface area contributed by atoms with E-state index in [2.05, 4.69) is 5.32 Å². The summed E-state index contributed by atoms with van der Waals surface area (Å²) < 4.78 is 15.6. The molecule has 0 fully saturated rings. The van der Waals surface area contributed by atoms with E-state index in [1.54, 1.807) is 30.3 Å². The molecule has 31 heavy (non-hydrogen) atoms. The first-order valence-electron chi connectivity index (χ1n) is 9.57. The number of fused-ring (bicyclic) bond motifs is 1. The van der Waals surface area contributed by atoms with Crippen molar-refractivity contribution < 1.29 is 4.39 Å². The number of halogens is 4. The molecular formula is C23H17Cl3FN3O. The molecule has 4 rings (SSSR count). The maximum atomic E-state index is 14.3. The number of nitrogens with one attached hydrogen (secondary N) is 1. The number of benzene rings is 3. The van der Waals surface area contributed by atoms with Crippen molar-refractivity contribution in [3.05, 3.63) is 91.4 Å². The highest BCUT2D eigenvalue weighted by atomic mass is 35.5. The van der Waals surface area contributed by atoms with Crippen molar-refractivity contribution >= 4 is 45.7 Å².